The number of benzene rings is 2. The Labute approximate surface area is 187 Å². The zero-order chi connectivity index (χ0) is 21.6. The van der Waals surface area contributed by atoms with Crippen LogP contribution in [0.3, 0.4) is 0 Å². The molecule has 0 atom stereocenters. The summed E-state index contributed by atoms with van der Waals surface area (Å²) in [7, 11) is 1.50. The Balaban J connectivity index is 1.35. The Morgan fingerprint density at radius 3 is 1.61 bits per heavy atom. The van der Waals surface area contributed by atoms with Crippen molar-refractivity contribution in [3.8, 4) is 11.1 Å². The SMILES string of the molecule is C/C=C/C1CCC(c2ccc(-c3ccc([C@H]4CC[C@H](C(=O)OC)CC4)cc3)cc2)CC1. The third-order valence-corrected chi connectivity index (χ3v) is 7.60. The minimum absolute atomic E-state index is 0.0388. The summed E-state index contributed by atoms with van der Waals surface area (Å²) >= 11 is 0. The minimum atomic E-state index is -0.0388. The normalized spacial score (nSPS) is 26.6. The fourth-order valence-corrected chi connectivity index (χ4v) is 5.64. The molecule has 164 valence electrons. The average Bonchev–Trinajstić information content (AvgIpc) is 2.85. The molecule has 0 radical (unpaired) electrons. The smallest absolute Gasteiger partial charge is 0.308 e. The maximum absolute atomic E-state index is 11.8. The summed E-state index contributed by atoms with van der Waals surface area (Å²) in [6.07, 6.45) is 13.9. The largest absolute Gasteiger partial charge is 0.469 e. The van der Waals surface area contributed by atoms with Crippen LogP contribution in [0, 0.1) is 11.8 Å². The standard InChI is InChI=1S/C29H36O2/c1-3-4-21-5-7-22(8-6-21)23-9-11-24(12-10-23)25-13-15-26(16-14-25)27-17-19-28(20-18-27)29(30)31-2/h3-4,9-16,21-22,27-28H,5-8,17-20H2,1-2H3/b4-3+/t21?,22?,27-,28-. The number of ether oxygens (including phenoxy) is 1. The van der Waals surface area contributed by atoms with Crippen LogP contribution in [0.2, 0.25) is 0 Å². The highest BCUT2D eigenvalue weighted by atomic mass is 16.5. The van der Waals surface area contributed by atoms with Crippen LogP contribution in [0.1, 0.15) is 81.3 Å². The highest BCUT2D eigenvalue weighted by molar-refractivity contribution is 5.72. The second-order valence-electron chi connectivity index (χ2n) is 9.45. The second-order valence-corrected chi connectivity index (χ2v) is 9.45. The maximum Gasteiger partial charge on any atom is 0.308 e. The van der Waals surface area contributed by atoms with Crippen molar-refractivity contribution in [2.75, 3.05) is 7.11 Å². The van der Waals surface area contributed by atoms with E-state index in [-0.39, 0.29) is 11.9 Å². The van der Waals surface area contributed by atoms with Crippen molar-refractivity contribution in [3.05, 3.63) is 71.8 Å². The van der Waals surface area contributed by atoms with Crippen LogP contribution in [0.4, 0.5) is 0 Å². The molecule has 0 amide bonds. The monoisotopic (exact) mass is 416 g/mol. The highest BCUT2D eigenvalue weighted by Crippen LogP contribution is 2.38. The van der Waals surface area contributed by atoms with Crippen molar-refractivity contribution in [2.24, 2.45) is 11.8 Å². The molecule has 0 saturated heterocycles. The first-order valence-corrected chi connectivity index (χ1v) is 12.1. The number of hydrogen-bond acceptors (Lipinski definition) is 2. The first-order valence-electron chi connectivity index (χ1n) is 12.1. The fourth-order valence-electron chi connectivity index (χ4n) is 5.64. The van der Waals surface area contributed by atoms with E-state index >= 15 is 0 Å². The van der Waals surface area contributed by atoms with E-state index in [0.717, 1.165) is 37.5 Å². The first kappa shape index (κ1) is 21.9. The molecule has 2 aliphatic rings. The summed E-state index contributed by atoms with van der Waals surface area (Å²) in [5.74, 6) is 2.13. The van der Waals surface area contributed by atoms with Crippen molar-refractivity contribution in [2.45, 2.75) is 70.1 Å². The zero-order valence-corrected chi connectivity index (χ0v) is 19.1. The van der Waals surface area contributed by atoms with E-state index < -0.39 is 0 Å². The van der Waals surface area contributed by atoms with Gasteiger partial charge >= 0.3 is 5.97 Å². The van der Waals surface area contributed by atoms with Crippen molar-refractivity contribution in [1.82, 2.24) is 0 Å². The summed E-state index contributed by atoms with van der Waals surface area (Å²) < 4.78 is 4.92. The summed E-state index contributed by atoms with van der Waals surface area (Å²) in [6, 6.07) is 18.4. The molecule has 0 N–H and O–H groups in total. The van der Waals surface area contributed by atoms with Crippen LogP contribution in [0.15, 0.2) is 60.7 Å². The lowest BCUT2D eigenvalue weighted by atomic mass is 9.78. The van der Waals surface area contributed by atoms with Crippen molar-refractivity contribution in [1.29, 1.82) is 0 Å². The third-order valence-electron chi connectivity index (χ3n) is 7.60. The lowest BCUT2D eigenvalue weighted by molar-refractivity contribution is -0.146. The second kappa shape index (κ2) is 10.3. The lowest BCUT2D eigenvalue weighted by Crippen LogP contribution is -2.22. The van der Waals surface area contributed by atoms with Gasteiger partial charge in [0.15, 0.2) is 0 Å². The number of esters is 1. The number of carbonyl (C=O) groups excluding carboxylic acids is 1. The highest BCUT2D eigenvalue weighted by Gasteiger charge is 2.27. The topological polar surface area (TPSA) is 26.3 Å². The Kier molecular flexibility index (Phi) is 7.27. The lowest BCUT2D eigenvalue weighted by Gasteiger charge is -2.27. The van der Waals surface area contributed by atoms with Crippen LogP contribution >= 0.6 is 0 Å². The molecule has 2 aromatic rings. The molecule has 2 aliphatic carbocycles. The minimum Gasteiger partial charge on any atom is -0.469 e. The summed E-state index contributed by atoms with van der Waals surface area (Å²) in [6.45, 7) is 2.13. The molecule has 31 heavy (non-hydrogen) atoms. The van der Waals surface area contributed by atoms with Gasteiger partial charge in [0.25, 0.3) is 0 Å². The van der Waals surface area contributed by atoms with E-state index in [1.807, 2.05) is 0 Å². The fraction of sp³-hybridized carbons (Fsp3) is 0.483. The molecule has 0 spiro atoms. The summed E-state index contributed by atoms with van der Waals surface area (Å²) in [4.78, 5) is 11.8. The predicted molar refractivity (Wildman–Crippen MR) is 128 cm³/mol. The van der Waals surface area contributed by atoms with Gasteiger partial charge in [-0.1, -0.05) is 60.7 Å². The van der Waals surface area contributed by atoms with Crippen LogP contribution in [-0.2, 0) is 9.53 Å². The first-order chi connectivity index (χ1) is 15.2. The predicted octanol–water partition coefficient (Wildman–Crippen LogP) is 7.65. The molecule has 4 rings (SSSR count). The van der Waals surface area contributed by atoms with E-state index in [1.165, 1.54) is 55.0 Å². The Morgan fingerprint density at radius 2 is 1.19 bits per heavy atom. The molecular formula is C29H36O2. The molecule has 2 saturated carbocycles. The van der Waals surface area contributed by atoms with Gasteiger partial charge in [0.1, 0.15) is 0 Å². The quantitative estimate of drug-likeness (QED) is 0.369. The molecule has 2 fully saturated rings. The Hall–Kier alpha value is -2.35. The van der Waals surface area contributed by atoms with E-state index in [2.05, 4.69) is 67.6 Å². The van der Waals surface area contributed by atoms with Crippen LogP contribution in [0.5, 0.6) is 0 Å². The Bertz CT molecular complexity index is 862. The molecule has 0 unspecified atom stereocenters. The number of carbonyl (C=O) groups is 1. The summed E-state index contributed by atoms with van der Waals surface area (Å²) in [5, 5.41) is 0. The molecule has 2 nitrogen and oxygen atoms in total. The zero-order valence-electron chi connectivity index (χ0n) is 19.1. The van der Waals surface area contributed by atoms with Gasteiger partial charge in [0, 0.05) is 0 Å². The third kappa shape index (κ3) is 5.29. The average molecular weight is 417 g/mol. The molecular weight excluding hydrogens is 380 g/mol. The van der Waals surface area contributed by atoms with Gasteiger partial charge in [-0.3, -0.25) is 4.79 Å². The molecule has 0 heterocycles. The number of rotatable bonds is 5. The van der Waals surface area contributed by atoms with Crippen molar-refractivity contribution >= 4 is 5.97 Å². The van der Waals surface area contributed by atoms with Crippen LogP contribution in [0.25, 0.3) is 11.1 Å². The van der Waals surface area contributed by atoms with Crippen LogP contribution in [-0.4, -0.2) is 13.1 Å². The molecule has 0 aliphatic heterocycles. The maximum atomic E-state index is 11.8. The molecule has 0 aromatic heterocycles. The number of allylic oxidation sites excluding steroid dienone is 2. The van der Waals surface area contributed by atoms with Gasteiger partial charge in [0.2, 0.25) is 0 Å². The van der Waals surface area contributed by atoms with E-state index in [0.29, 0.717) is 5.92 Å². The van der Waals surface area contributed by atoms with Gasteiger partial charge in [-0.05, 0) is 98.3 Å². The molecule has 2 heteroatoms. The van der Waals surface area contributed by atoms with Gasteiger partial charge in [0.05, 0.1) is 13.0 Å². The summed E-state index contributed by atoms with van der Waals surface area (Å²) in [5.41, 5.74) is 5.49. The van der Waals surface area contributed by atoms with Crippen LogP contribution < -0.4 is 0 Å². The van der Waals surface area contributed by atoms with Gasteiger partial charge in [-0.2, -0.15) is 0 Å². The van der Waals surface area contributed by atoms with Gasteiger partial charge < -0.3 is 4.74 Å². The molecule has 0 bridgehead atoms. The number of methoxy groups -OCH3 is 1. The van der Waals surface area contributed by atoms with Gasteiger partial charge in [-0.15, -0.1) is 0 Å². The van der Waals surface area contributed by atoms with E-state index in [1.54, 1.807) is 0 Å². The van der Waals surface area contributed by atoms with E-state index in [9.17, 15) is 4.79 Å². The van der Waals surface area contributed by atoms with E-state index in [4.69, 9.17) is 4.74 Å². The number of hydrogen-bond donors (Lipinski definition) is 0. The van der Waals surface area contributed by atoms with Gasteiger partial charge in [-0.25, -0.2) is 0 Å². The molecule has 2 aromatic carbocycles. The van der Waals surface area contributed by atoms with Crippen molar-refractivity contribution in [3.63, 3.8) is 0 Å². The Morgan fingerprint density at radius 1 is 0.742 bits per heavy atom. The van der Waals surface area contributed by atoms with Crippen molar-refractivity contribution < 1.29 is 9.53 Å².